The first-order chi connectivity index (χ1) is 8.85. The van der Waals surface area contributed by atoms with E-state index < -0.39 is 0 Å². The maximum Gasteiger partial charge on any atom is 0.195 e. The molecule has 0 atom stereocenters. The van der Waals surface area contributed by atoms with E-state index in [0.29, 0.717) is 0 Å². The van der Waals surface area contributed by atoms with Gasteiger partial charge in [0.2, 0.25) is 0 Å². The molecule has 0 aliphatic heterocycles. The van der Waals surface area contributed by atoms with Crippen molar-refractivity contribution in [2.45, 2.75) is 32.1 Å². The van der Waals surface area contributed by atoms with E-state index in [9.17, 15) is 0 Å². The molecule has 0 aliphatic carbocycles. The van der Waals surface area contributed by atoms with E-state index in [-0.39, 0.29) is 0 Å². The predicted molar refractivity (Wildman–Crippen MR) is 71.8 cm³/mol. The molecule has 1 aromatic heterocycles. The third-order valence-electron chi connectivity index (χ3n) is 2.99. The number of unbranched alkanes of at least 4 members (excludes halogenated alkanes) is 3. The zero-order chi connectivity index (χ0) is 12.8. The Balaban J connectivity index is 1.97. The Morgan fingerprint density at radius 1 is 1.22 bits per heavy atom. The van der Waals surface area contributed by atoms with Gasteiger partial charge in [-0.2, -0.15) is 0 Å². The van der Waals surface area contributed by atoms with Gasteiger partial charge < -0.3 is 14.9 Å². The number of fused-ring (bicyclic) bond motifs is 1. The number of ether oxygens (including phenoxy) is 1. The van der Waals surface area contributed by atoms with Gasteiger partial charge in [0.15, 0.2) is 17.0 Å². The third kappa shape index (κ3) is 3.01. The summed E-state index contributed by atoms with van der Waals surface area (Å²) in [6.45, 7) is 0.778. The van der Waals surface area contributed by atoms with E-state index in [1.165, 1.54) is 12.8 Å². The third-order valence-corrected chi connectivity index (χ3v) is 2.99. The molecule has 0 bridgehead atoms. The molecule has 0 spiro atoms. The van der Waals surface area contributed by atoms with E-state index in [4.69, 9.17) is 14.9 Å². The molecule has 2 aromatic rings. The average molecular weight is 248 g/mol. The maximum absolute atomic E-state index is 5.70. The lowest BCUT2D eigenvalue weighted by Gasteiger charge is -1.97. The van der Waals surface area contributed by atoms with Crippen LogP contribution in [0.2, 0.25) is 0 Å². The lowest BCUT2D eigenvalue weighted by Crippen LogP contribution is -1.97. The van der Waals surface area contributed by atoms with Crippen molar-refractivity contribution < 1.29 is 9.15 Å². The molecule has 2 N–H and O–H groups in total. The van der Waals surface area contributed by atoms with Gasteiger partial charge in [0.05, 0.1) is 7.11 Å². The van der Waals surface area contributed by atoms with Gasteiger partial charge in [-0.1, -0.05) is 18.9 Å². The Morgan fingerprint density at radius 3 is 2.83 bits per heavy atom. The fraction of sp³-hybridized carbons (Fsp3) is 0.500. The fourth-order valence-electron chi connectivity index (χ4n) is 2.01. The highest BCUT2D eigenvalue weighted by Gasteiger charge is 2.09. The van der Waals surface area contributed by atoms with Crippen molar-refractivity contribution >= 4 is 11.1 Å². The Bertz CT molecular complexity index is 493. The van der Waals surface area contributed by atoms with Crippen molar-refractivity contribution in [3.8, 4) is 5.75 Å². The lowest BCUT2D eigenvalue weighted by molar-refractivity contribution is 0.419. The first-order valence-electron chi connectivity index (χ1n) is 6.47. The van der Waals surface area contributed by atoms with Crippen LogP contribution in [-0.4, -0.2) is 18.6 Å². The highest BCUT2D eigenvalue weighted by molar-refractivity contribution is 5.79. The minimum absolute atomic E-state index is 0.769. The molecule has 0 fully saturated rings. The molecule has 18 heavy (non-hydrogen) atoms. The molecule has 98 valence electrons. The van der Waals surface area contributed by atoms with Crippen LogP contribution in [0.5, 0.6) is 5.75 Å². The maximum atomic E-state index is 5.70. The zero-order valence-corrected chi connectivity index (χ0v) is 10.8. The number of aromatic nitrogens is 1. The normalized spacial score (nSPS) is 11.0. The van der Waals surface area contributed by atoms with Crippen LogP contribution in [0.1, 0.15) is 31.6 Å². The SMILES string of the molecule is COc1cccc2oc(CCCCCCN)nc12. The van der Waals surface area contributed by atoms with Crippen LogP contribution < -0.4 is 10.5 Å². The molecule has 0 aliphatic rings. The number of oxazole rings is 1. The van der Waals surface area contributed by atoms with Gasteiger partial charge in [0, 0.05) is 6.42 Å². The Morgan fingerprint density at radius 2 is 2.06 bits per heavy atom. The summed E-state index contributed by atoms with van der Waals surface area (Å²) in [5, 5.41) is 0. The molecule has 0 radical (unpaired) electrons. The average Bonchev–Trinajstić information content (AvgIpc) is 2.81. The number of nitrogens with two attached hydrogens (primary N) is 1. The topological polar surface area (TPSA) is 61.3 Å². The van der Waals surface area contributed by atoms with Gasteiger partial charge in [-0.25, -0.2) is 4.98 Å². The van der Waals surface area contributed by atoms with Crippen LogP contribution in [0.3, 0.4) is 0 Å². The monoisotopic (exact) mass is 248 g/mol. The van der Waals surface area contributed by atoms with Crippen molar-refractivity contribution in [3.63, 3.8) is 0 Å². The molecule has 0 saturated heterocycles. The second-order valence-corrected chi connectivity index (χ2v) is 4.37. The summed E-state index contributed by atoms with van der Waals surface area (Å²) in [5.74, 6) is 1.56. The van der Waals surface area contributed by atoms with Crippen molar-refractivity contribution in [2.75, 3.05) is 13.7 Å². The van der Waals surface area contributed by atoms with Crippen LogP contribution in [0.4, 0.5) is 0 Å². The van der Waals surface area contributed by atoms with E-state index in [0.717, 1.165) is 48.5 Å². The second-order valence-electron chi connectivity index (χ2n) is 4.37. The van der Waals surface area contributed by atoms with Gasteiger partial charge in [0.1, 0.15) is 5.75 Å². The summed E-state index contributed by atoms with van der Waals surface area (Å²) in [5.41, 5.74) is 7.07. The summed E-state index contributed by atoms with van der Waals surface area (Å²) in [6.07, 6.45) is 5.42. The molecular formula is C14H20N2O2. The fourth-order valence-corrected chi connectivity index (χ4v) is 2.01. The molecule has 2 rings (SSSR count). The van der Waals surface area contributed by atoms with Crippen LogP contribution >= 0.6 is 0 Å². The summed E-state index contributed by atoms with van der Waals surface area (Å²) in [7, 11) is 1.65. The number of methoxy groups -OCH3 is 1. The second kappa shape index (κ2) is 6.40. The summed E-state index contributed by atoms with van der Waals surface area (Å²) in [4.78, 5) is 4.48. The molecule has 0 saturated carbocycles. The highest BCUT2D eigenvalue weighted by atomic mass is 16.5. The molecule has 1 aromatic carbocycles. The largest absolute Gasteiger partial charge is 0.494 e. The van der Waals surface area contributed by atoms with Crippen LogP contribution in [-0.2, 0) is 6.42 Å². The molecule has 1 heterocycles. The lowest BCUT2D eigenvalue weighted by atomic mass is 10.1. The standard InChI is InChI=1S/C14H20N2O2/c1-17-11-7-6-8-12-14(11)16-13(18-12)9-4-2-3-5-10-15/h6-8H,2-5,9-10,15H2,1H3. The minimum atomic E-state index is 0.769. The summed E-state index contributed by atoms with van der Waals surface area (Å²) in [6, 6.07) is 5.73. The van der Waals surface area contributed by atoms with Crippen molar-refractivity contribution in [2.24, 2.45) is 5.73 Å². The van der Waals surface area contributed by atoms with E-state index >= 15 is 0 Å². The van der Waals surface area contributed by atoms with Gasteiger partial charge in [-0.3, -0.25) is 0 Å². The zero-order valence-electron chi connectivity index (χ0n) is 10.8. The Kier molecular flexibility index (Phi) is 4.59. The molecular weight excluding hydrogens is 228 g/mol. The van der Waals surface area contributed by atoms with Crippen LogP contribution in [0, 0.1) is 0 Å². The number of aryl methyl sites for hydroxylation is 1. The molecule has 4 heteroatoms. The van der Waals surface area contributed by atoms with Gasteiger partial charge in [0.25, 0.3) is 0 Å². The molecule has 0 amide bonds. The number of rotatable bonds is 7. The number of para-hydroxylation sites is 1. The minimum Gasteiger partial charge on any atom is -0.494 e. The number of benzene rings is 1. The molecule has 4 nitrogen and oxygen atoms in total. The Labute approximate surface area is 107 Å². The quantitative estimate of drug-likeness (QED) is 0.765. The first kappa shape index (κ1) is 12.9. The van der Waals surface area contributed by atoms with Crippen LogP contribution in [0.15, 0.2) is 22.6 Å². The van der Waals surface area contributed by atoms with Crippen molar-refractivity contribution in [1.29, 1.82) is 0 Å². The van der Waals surface area contributed by atoms with Gasteiger partial charge in [-0.15, -0.1) is 0 Å². The Hall–Kier alpha value is -1.55. The number of hydrogen-bond acceptors (Lipinski definition) is 4. The molecule has 0 unspecified atom stereocenters. The number of nitrogens with zero attached hydrogens (tertiary/aromatic N) is 1. The van der Waals surface area contributed by atoms with E-state index in [1.54, 1.807) is 7.11 Å². The van der Waals surface area contributed by atoms with Crippen LogP contribution in [0.25, 0.3) is 11.1 Å². The number of hydrogen-bond donors (Lipinski definition) is 1. The van der Waals surface area contributed by atoms with E-state index in [2.05, 4.69) is 4.98 Å². The van der Waals surface area contributed by atoms with Gasteiger partial charge >= 0.3 is 0 Å². The van der Waals surface area contributed by atoms with Crippen molar-refractivity contribution in [3.05, 3.63) is 24.1 Å². The first-order valence-corrected chi connectivity index (χ1v) is 6.47. The van der Waals surface area contributed by atoms with Crippen molar-refractivity contribution in [1.82, 2.24) is 4.98 Å². The highest BCUT2D eigenvalue weighted by Crippen LogP contribution is 2.25. The predicted octanol–water partition coefficient (Wildman–Crippen LogP) is 2.90. The van der Waals surface area contributed by atoms with Gasteiger partial charge in [-0.05, 0) is 31.5 Å². The van der Waals surface area contributed by atoms with E-state index in [1.807, 2.05) is 18.2 Å². The summed E-state index contributed by atoms with van der Waals surface area (Å²) < 4.78 is 11.0. The summed E-state index contributed by atoms with van der Waals surface area (Å²) >= 11 is 0. The smallest absolute Gasteiger partial charge is 0.195 e.